The summed E-state index contributed by atoms with van der Waals surface area (Å²) in [5, 5.41) is 0. The summed E-state index contributed by atoms with van der Waals surface area (Å²) in [6.07, 6.45) is 3.09. The first-order valence-corrected chi connectivity index (χ1v) is 5.68. The highest BCUT2D eigenvalue weighted by Crippen LogP contribution is 2.25. The third-order valence-corrected chi connectivity index (χ3v) is 2.30. The van der Waals surface area contributed by atoms with Gasteiger partial charge in [0.05, 0.1) is 19.0 Å². The number of nitrogens with two attached hydrogens (primary N) is 1. The summed E-state index contributed by atoms with van der Waals surface area (Å²) in [6.45, 7) is 4.35. The van der Waals surface area contributed by atoms with Crippen molar-refractivity contribution in [3.63, 3.8) is 0 Å². The van der Waals surface area contributed by atoms with Gasteiger partial charge in [-0.1, -0.05) is 0 Å². The van der Waals surface area contributed by atoms with Gasteiger partial charge >= 0.3 is 0 Å². The molecule has 0 fully saturated rings. The summed E-state index contributed by atoms with van der Waals surface area (Å²) in [4.78, 5) is 8.19. The highest BCUT2D eigenvalue weighted by Gasteiger charge is 2.05. The minimum atomic E-state index is 0.397. The SMILES string of the molecule is CCOc1cncc(Oc2ccc(N)cc2C)n1. The van der Waals surface area contributed by atoms with Crippen LogP contribution in [0.25, 0.3) is 0 Å². The molecule has 2 aromatic rings. The van der Waals surface area contributed by atoms with Gasteiger partial charge in [0, 0.05) is 5.69 Å². The number of nitrogen functional groups attached to an aromatic ring is 1. The standard InChI is InChI=1S/C13H15N3O2/c1-3-17-12-7-15-8-13(16-12)18-11-5-4-10(14)6-9(11)2/h4-8H,3,14H2,1-2H3. The first-order chi connectivity index (χ1) is 8.69. The fourth-order valence-electron chi connectivity index (χ4n) is 1.50. The zero-order chi connectivity index (χ0) is 13.0. The maximum atomic E-state index is 5.68. The number of nitrogens with zero attached hydrogens (tertiary/aromatic N) is 2. The number of hydrogen-bond donors (Lipinski definition) is 1. The van der Waals surface area contributed by atoms with E-state index in [1.54, 1.807) is 18.3 Å². The second-order valence-corrected chi connectivity index (χ2v) is 3.76. The van der Waals surface area contributed by atoms with Crippen LogP contribution in [0.5, 0.6) is 17.5 Å². The zero-order valence-corrected chi connectivity index (χ0v) is 10.4. The molecule has 0 aliphatic rings. The Kier molecular flexibility index (Phi) is 3.62. The monoisotopic (exact) mass is 245 g/mol. The molecule has 1 aromatic heterocycles. The summed E-state index contributed by atoms with van der Waals surface area (Å²) in [5.74, 6) is 1.55. The molecule has 0 amide bonds. The molecule has 2 rings (SSSR count). The van der Waals surface area contributed by atoms with E-state index in [0.29, 0.717) is 29.8 Å². The molecule has 1 aromatic carbocycles. The molecule has 0 radical (unpaired) electrons. The van der Waals surface area contributed by atoms with E-state index < -0.39 is 0 Å². The van der Waals surface area contributed by atoms with E-state index in [1.807, 2.05) is 19.9 Å². The Labute approximate surface area is 106 Å². The van der Waals surface area contributed by atoms with Crippen LogP contribution in [-0.4, -0.2) is 16.6 Å². The van der Waals surface area contributed by atoms with Crippen LogP contribution in [0.4, 0.5) is 5.69 Å². The van der Waals surface area contributed by atoms with Gasteiger partial charge in [-0.25, -0.2) is 0 Å². The van der Waals surface area contributed by atoms with Crippen molar-refractivity contribution in [1.82, 2.24) is 9.97 Å². The van der Waals surface area contributed by atoms with E-state index in [-0.39, 0.29) is 0 Å². The molecular formula is C13H15N3O2. The average molecular weight is 245 g/mol. The first-order valence-electron chi connectivity index (χ1n) is 5.68. The van der Waals surface area contributed by atoms with Crippen molar-refractivity contribution >= 4 is 5.69 Å². The Morgan fingerprint density at radius 3 is 2.72 bits per heavy atom. The molecule has 0 atom stereocenters. The van der Waals surface area contributed by atoms with Gasteiger partial charge in [0.25, 0.3) is 0 Å². The van der Waals surface area contributed by atoms with Crippen LogP contribution < -0.4 is 15.2 Å². The maximum Gasteiger partial charge on any atom is 0.241 e. The Bertz CT molecular complexity index is 544. The lowest BCUT2D eigenvalue weighted by atomic mass is 10.2. The Hall–Kier alpha value is -2.30. The number of rotatable bonds is 4. The second-order valence-electron chi connectivity index (χ2n) is 3.76. The van der Waals surface area contributed by atoms with Gasteiger partial charge in [-0.05, 0) is 37.6 Å². The van der Waals surface area contributed by atoms with E-state index in [4.69, 9.17) is 15.2 Å². The lowest BCUT2D eigenvalue weighted by Crippen LogP contribution is -1.97. The van der Waals surface area contributed by atoms with Crippen molar-refractivity contribution in [2.24, 2.45) is 0 Å². The molecule has 2 N–H and O–H groups in total. The highest BCUT2D eigenvalue weighted by atomic mass is 16.5. The Morgan fingerprint density at radius 1 is 1.22 bits per heavy atom. The molecule has 94 valence electrons. The fraction of sp³-hybridized carbons (Fsp3) is 0.231. The molecule has 0 spiro atoms. The quantitative estimate of drug-likeness (QED) is 0.838. The Balaban J connectivity index is 2.20. The molecule has 0 aliphatic carbocycles. The molecular weight excluding hydrogens is 230 g/mol. The molecule has 0 unspecified atom stereocenters. The largest absolute Gasteiger partial charge is 0.477 e. The topological polar surface area (TPSA) is 70.3 Å². The van der Waals surface area contributed by atoms with Crippen LogP contribution in [0, 0.1) is 6.92 Å². The normalized spacial score (nSPS) is 10.1. The van der Waals surface area contributed by atoms with Gasteiger partial charge in [0.1, 0.15) is 5.75 Å². The van der Waals surface area contributed by atoms with Crippen molar-refractivity contribution in [2.75, 3.05) is 12.3 Å². The predicted octanol–water partition coefficient (Wildman–Crippen LogP) is 2.56. The number of benzene rings is 1. The maximum absolute atomic E-state index is 5.68. The van der Waals surface area contributed by atoms with Crippen molar-refractivity contribution in [1.29, 1.82) is 0 Å². The van der Waals surface area contributed by atoms with Crippen molar-refractivity contribution in [2.45, 2.75) is 13.8 Å². The summed E-state index contributed by atoms with van der Waals surface area (Å²) in [6, 6.07) is 5.43. The number of aromatic nitrogens is 2. The van der Waals surface area contributed by atoms with Crippen molar-refractivity contribution in [3.8, 4) is 17.5 Å². The third kappa shape index (κ3) is 2.88. The van der Waals surface area contributed by atoms with Crippen LogP contribution in [0.3, 0.4) is 0 Å². The van der Waals surface area contributed by atoms with Crippen LogP contribution in [0.1, 0.15) is 12.5 Å². The second kappa shape index (κ2) is 5.35. The lowest BCUT2D eigenvalue weighted by Gasteiger charge is -2.09. The molecule has 1 heterocycles. The molecule has 0 bridgehead atoms. The third-order valence-electron chi connectivity index (χ3n) is 2.30. The van der Waals surface area contributed by atoms with Gasteiger partial charge in [-0.15, -0.1) is 0 Å². The van der Waals surface area contributed by atoms with E-state index in [9.17, 15) is 0 Å². The van der Waals surface area contributed by atoms with Gasteiger partial charge < -0.3 is 15.2 Å². The minimum absolute atomic E-state index is 0.397. The van der Waals surface area contributed by atoms with E-state index >= 15 is 0 Å². The lowest BCUT2D eigenvalue weighted by molar-refractivity contribution is 0.318. The first kappa shape index (κ1) is 12.2. The fourth-order valence-corrected chi connectivity index (χ4v) is 1.50. The summed E-state index contributed by atoms with van der Waals surface area (Å²) < 4.78 is 10.9. The van der Waals surface area contributed by atoms with Crippen LogP contribution in [-0.2, 0) is 0 Å². The minimum Gasteiger partial charge on any atom is -0.477 e. The zero-order valence-electron chi connectivity index (χ0n) is 10.4. The van der Waals surface area contributed by atoms with Crippen LogP contribution in [0.15, 0.2) is 30.6 Å². The molecule has 5 heteroatoms. The number of ether oxygens (including phenoxy) is 2. The van der Waals surface area contributed by atoms with Gasteiger partial charge in [0.15, 0.2) is 0 Å². The van der Waals surface area contributed by atoms with E-state index in [1.165, 1.54) is 6.20 Å². The molecule has 0 saturated heterocycles. The molecule has 0 aliphatic heterocycles. The number of hydrogen-bond acceptors (Lipinski definition) is 5. The summed E-state index contributed by atoms with van der Waals surface area (Å²) in [5.41, 5.74) is 7.33. The number of aryl methyl sites for hydroxylation is 1. The van der Waals surface area contributed by atoms with Gasteiger partial charge in [-0.2, -0.15) is 4.98 Å². The van der Waals surface area contributed by atoms with E-state index in [0.717, 1.165) is 5.56 Å². The van der Waals surface area contributed by atoms with Gasteiger partial charge in [-0.3, -0.25) is 4.98 Å². The smallest absolute Gasteiger partial charge is 0.241 e. The van der Waals surface area contributed by atoms with Crippen LogP contribution >= 0.6 is 0 Å². The van der Waals surface area contributed by atoms with Crippen molar-refractivity contribution in [3.05, 3.63) is 36.2 Å². The summed E-state index contributed by atoms with van der Waals surface area (Å²) >= 11 is 0. The van der Waals surface area contributed by atoms with Crippen LogP contribution in [0.2, 0.25) is 0 Å². The number of anilines is 1. The van der Waals surface area contributed by atoms with E-state index in [2.05, 4.69) is 9.97 Å². The molecule has 5 nitrogen and oxygen atoms in total. The predicted molar refractivity (Wildman–Crippen MR) is 68.9 cm³/mol. The van der Waals surface area contributed by atoms with Gasteiger partial charge in [0.2, 0.25) is 11.8 Å². The molecule has 0 saturated carbocycles. The summed E-state index contributed by atoms with van der Waals surface area (Å²) in [7, 11) is 0. The average Bonchev–Trinajstić information content (AvgIpc) is 2.34. The highest BCUT2D eigenvalue weighted by molar-refractivity contribution is 5.48. The Morgan fingerprint density at radius 2 is 2.00 bits per heavy atom. The molecule has 18 heavy (non-hydrogen) atoms. The van der Waals surface area contributed by atoms with Crippen molar-refractivity contribution < 1.29 is 9.47 Å².